The number of rotatable bonds is 3. The number of para-hydroxylation sites is 1. The Kier molecular flexibility index (Phi) is 4.26. The van der Waals surface area contributed by atoms with Crippen LogP contribution in [0, 0.1) is 0 Å². The molecule has 0 saturated heterocycles. The zero-order valence-corrected chi connectivity index (χ0v) is 16.5. The Morgan fingerprint density at radius 3 is 1.93 bits per heavy atom. The smallest absolute Gasteiger partial charge is 0.168 e. The first-order valence-corrected chi connectivity index (χ1v) is 9.85. The van der Waals surface area contributed by atoms with Gasteiger partial charge in [0.15, 0.2) is 11.6 Å². The third kappa shape index (κ3) is 3.02. The lowest BCUT2D eigenvalue weighted by Gasteiger charge is -2.11. The summed E-state index contributed by atoms with van der Waals surface area (Å²) in [6.07, 6.45) is 0. The van der Waals surface area contributed by atoms with Crippen molar-refractivity contribution < 1.29 is 0 Å². The largest absolute Gasteiger partial charge is 0.275 e. The molecule has 134 valence electrons. The van der Waals surface area contributed by atoms with Crippen molar-refractivity contribution in [3.63, 3.8) is 0 Å². The summed E-state index contributed by atoms with van der Waals surface area (Å²) >= 11 is 3.54. The Morgan fingerprint density at radius 1 is 0.571 bits per heavy atom. The van der Waals surface area contributed by atoms with Gasteiger partial charge in [0.2, 0.25) is 0 Å². The van der Waals surface area contributed by atoms with Crippen molar-refractivity contribution in [2.45, 2.75) is 0 Å². The molecule has 0 spiro atoms. The molecule has 0 bridgehead atoms. The lowest BCUT2D eigenvalue weighted by molar-refractivity contribution is 1.07. The molecule has 0 aliphatic carbocycles. The first-order chi connectivity index (χ1) is 13.8. The zero-order chi connectivity index (χ0) is 18.9. The molecule has 1 aromatic heterocycles. The molecule has 4 aromatic carbocycles. The van der Waals surface area contributed by atoms with Crippen molar-refractivity contribution in [3.8, 4) is 28.5 Å². The van der Waals surface area contributed by atoms with Gasteiger partial charge in [-0.1, -0.05) is 82.7 Å². The molecule has 0 atom stereocenters. The summed E-state index contributed by atoms with van der Waals surface area (Å²) in [5.41, 5.74) is 3.11. The summed E-state index contributed by atoms with van der Waals surface area (Å²) in [5, 5.41) is 11.5. The van der Waals surface area contributed by atoms with Gasteiger partial charge < -0.3 is 0 Å². The lowest BCUT2D eigenvalue weighted by Crippen LogP contribution is -2.00. The van der Waals surface area contributed by atoms with Gasteiger partial charge in [-0.3, -0.25) is 4.57 Å². The van der Waals surface area contributed by atoms with Crippen molar-refractivity contribution in [3.05, 3.63) is 102 Å². The van der Waals surface area contributed by atoms with Crippen LogP contribution in [-0.4, -0.2) is 14.8 Å². The third-order valence-electron chi connectivity index (χ3n) is 4.77. The fourth-order valence-corrected chi connectivity index (χ4v) is 3.80. The minimum absolute atomic E-state index is 0.829. The van der Waals surface area contributed by atoms with Crippen LogP contribution in [-0.2, 0) is 0 Å². The number of nitrogens with zero attached hydrogens (tertiary/aromatic N) is 3. The molecule has 4 heteroatoms. The fraction of sp³-hybridized carbons (Fsp3) is 0. The maximum absolute atomic E-state index is 4.57. The predicted molar refractivity (Wildman–Crippen MR) is 117 cm³/mol. The van der Waals surface area contributed by atoms with Crippen LogP contribution in [0.1, 0.15) is 0 Å². The summed E-state index contributed by atoms with van der Waals surface area (Å²) < 4.78 is 3.20. The molecular weight excluding hydrogens is 410 g/mol. The number of aromatic nitrogens is 3. The maximum Gasteiger partial charge on any atom is 0.168 e. The summed E-state index contributed by atoms with van der Waals surface area (Å²) in [6, 6.07) is 33.1. The number of halogens is 1. The van der Waals surface area contributed by atoms with Crippen LogP contribution in [0.2, 0.25) is 0 Å². The molecular formula is C24H16BrN3. The van der Waals surface area contributed by atoms with Gasteiger partial charge in [-0.15, -0.1) is 10.2 Å². The molecule has 0 amide bonds. The van der Waals surface area contributed by atoms with E-state index >= 15 is 0 Å². The van der Waals surface area contributed by atoms with E-state index in [2.05, 4.69) is 91.4 Å². The summed E-state index contributed by atoms with van der Waals surface area (Å²) in [6.45, 7) is 0. The highest BCUT2D eigenvalue weighted by atomic mass is 79.9. The van der Waals surface area contributed by atoms with E-state index in [0.29, 0.717) is 0 Å². The number of benzene rings is 4. The first kappa shape index (κ1) is 16.9. The summed E-state index contributed by atoms with van der Waals surface area (Å²) in [4.78, 5) is 0. The lowest BCUT2D eigenvalue weighted by atomic mass is 10.1. The number of hydrogen-bond acceptors (Lipinski definition) is 2. The van der Waals surface area contributed by atoms with Gasteiger partial charge in [0.05, 0.1) is 0 Å². The quantitative estimate of drug-likeness (QED) is 0.329. The highest BCUT2D eigenvalue weighted by Gasteiger charge is 2.17. The molecule has 0 N–H and O–H groups in total. The number of hydrogen-bond donors (Lipinski definition) is 0. The van der Waals surface area contributed by atoms with Crippen LogP contribution in [0.25, 0.3) is 39.2 Å². The molecule has 0 aliphatic rings. The molecule has 0 aliphatic heterocycles. The maximum atomic E-state index is 4.57. The second-order valence-corrected chi connectivity index (χ2v) is 7.51. The average Bonchev–Trinajstić information content (AvgIpc) is 3.20. The van der Waals surface area contributed by atoms with Gasteiger partial charge in [0, 0.05) is 21.3 Å². The highest BCUT2D eigenvalue weighted by Crippen LogP contribution is 2.30. The van der Waals surface area contributed by atoms with Crippen LogP contribution in [0.5, 0.6) is 0 Å². The van der Waals surface area contributed by atoms with E-state index in [4.69, 9.17) is 0 Å². The van der Waals surface area contributed by atoms with Gasteiger partial charge in [0.1, 0.15) is 0 Å². The van der Waals surface area contributed by atoms with Gasteiger partial charge in [-0.05, 0) is 41.1 Å². The van der Waals surface area contributed by atoms with E-state index in [1.807, 2.05) is 36.4 Å². The highest BCUT2D eigenvalue weighted by molar-refractivity contribution is 9.10. The second kappa shape index (κ2) is 7.06. The molecule has 5 aromatic rings. The number of fused-ring (bicyclic) bond motifs is 1. The summed E-state index contributed by atoms with van der Waals surface area (Å²) in [7, 11) is 0. The van der Waals surface area contributed by atoms with Gasteiger partial charge in [0.25, 0.3) is 0 Å². The van der Waals surface area contributed by atoms with Crippen molar-refractivity contribution in [1.29, 1.82) is 0 Å². The van der Waals surface area contributed by atoms with Crippen molar-refractivity contribution in [2.24, 2.45) is 0 Å². The van der Waals surface area contributed by atoms with Crippen molar-refractivity contribution in [2.75, 3.05) is 0 Å². The van der Waals surface area contributed by atoms with E-state index in [9.17, 15) is 0 Å². The van der Waals surface area contributed by atoms with E-state index in [-0.39, 0.29) is 0 Å². The van der Waals surface area contributed by atoms with Gasteiger partial charge in [-0.2, -0.15) is 0 Å². The van der Waals surface area contributed by atoms with E-state index in [0.717, 1.165) is 32.9 Å². The minimum Gasteiger partial charge on any atom is -0.275 e. The Labute approximate surface area is 171 Å². The Morgan fingerprint density at radius 2 is 1.18 bits per heavy atom. The first-order valence-electron chi connectivity index (χ1n) is 9.05. The third-order valence-corrected chi connectivity index (χ3v) is 5.26. The van der Waals surface area contributed by atoms with E-state index in [1.54, 1.807) is 0 Å². The molecule has 3 nitrogen and oxygen atoms in total. The molecule has 28 heavy (non-hydrogen) atoms. The normalized spacial score (nSPS) is 11.0. The molecule has 0 unspecified atom stereocenters. The van der Waals surface area contributed by atoms with Crippen LogP contribution >= 0.6 is 15.9 Å². The predicted octanol–water partition coefficient (Wildman–Crippen LogP) is 6.52. The topological polar surface area (TPSA) is 30.7 Å². The monoisotopic (exact) mass is 425 g/mol. The second-order valence-electron chi connectivity index (χ2n) is 6.59. The minimum atomic E-state index is 0.829. The standard InChI is InChI=1S/C24H16BrN3/c25-21-14-13-18-15-20(12-11-19(18)16-21)24-27-26-23(17-7-3-1-4-8-17)28(24)22-9-5-2-6-10-22/h1-16H. The van der Waals surface area contributed by atoms with Crippen LogP contribution < -0.4 is 0 Å². The summed E-state index contributed by atoms with van der Waals surface area (Å²) in [5.74, 6) is 1.66. The SMILES string of the molecule is Brc1ccc2cc(-c3nnc(-c4ccccc4)n3-c3ccccc3)ccc2c1. The molecule has 0 radical (unpaired) electrons. The Balaban J connectivity index is 1.74. The van der Waals surface area contributed by atoms with E-state index in [1.165, 1.54) is 10.8 Å². The van der Waals surface area contributed by atoms with Crippen molar-refractivity contribution >= 4 is 26.7 Å². The Bertz CT molecular complexity index is 1260. The molecule has 5 rings (SSSR count). The van der Waals surface area contributed by atoms with E-state index < -0.39 is 0 Å². The van der Waals surface area contributed by atoms with Crippen molar-refractivity contribution in [1.82, 2.24) is 14.8 Å². The molecule has 0 saturated carbocycles. The molecule has 1 heterocycles. The van der Waals surface area contributed by atoms with Gasteiger partial charge in [-0.25, -0.2) is 0 Å². The zero-order valence-electron chi connectivity index (χ0n) is 15.0. The Hall–Kier alpha value is -3.24. The average molecular weight is 426 g/mol. The van der Waals surface area contributed by atoms with Crippen LogP contribution in [0.15, 0.2) is 102 Å². The van der Waals surface area contributed by atoms with Crippen LogP contribution in [0.4, 0.5) is 0 Å². The van der Waals surface area contributed by atoms with Gasteiger partial charge >= 0.3 is 0 Å². The van der Waals surface area contributed by atoms with Crippen LogP contribution in [0.3, 0.4) is 0 Å². The molecule has 0 fully saturated rings. The fourth-order valence-electron chi connectivity index (χ4n) is 3.42.